The summed E-state index contributed by atoms with van der Waals surface area (Å²) in [7, 11) is -5.51. The summed E-state index contributed by atoms with van der Waals surface area (Å²) in [4.78, 5) is -0.279. The Morgan fingerprint density at radius 2 is 1.58 bits per heavy atom. The average Bonchev–Trinajstić information content (AvgIpc) is 2.89. The fourth-order valence-electron chi connectivity index (χ4n) is 3.55. The molecule has 0 amide bonds. The zero-order valence-electron chi connectivity index (χ0n) is 14.8. The Labute approximate surface area is 154 Å². The normalized spacial score (nSPS) is 30.9. The van der Waals surface area contributed by atoms with Gasteiger partial charge in [0.2, 0.25) is 0 Å². The summed E-state index contributed by atoms with van der Waals surface area (Å²) in [6.07, 6.45) is 7.85. The van der Waals surface area contributed by atoms with Crippen LogP contribution in [0.1, 0.15) is 25.7 Å². The predicted molar refractivity (Wildman–Crippen MR) is 99.8 cm³/mol. The molecule has 0 saturated carbocycles. The zero-order chi connectivity index (χ0) is 19.5. The molecule has 4 atom stereocenters. The van der Waals surface area contributed by atoms with Crippen LogP contribution in [0.3, 0.4) is 0 Å². The van der Waals surface area contributed by atoms with Gasteiger partial charge in [-0.2, -0.15) is 16.8 Å². The fourth-order valence-corrected chi connectivity index (χ4v) is 5.37. The monoisotopic (exact) mass is 406 g/mol. The van der Waals surface area contributed by atoms with Crippen molar-refractivity contribution in [1.29, 1.82) is 0 Å². The van der Waals surface area contributed by atoms with E-state index in [1.165, 1.54) is 12.2 Å². The third kappa shape index (κ3) is 5.02. The summed E-state index contributed by atoms with van der Waals surface area (Å²) in [5.74, 6) is -0.801. The van der Waals surface area contributed by atoms with Crippen molar-refractivity contribution >= 4 is 20.2 Å². The average molecular weight is 407 g/mol. The van der Waals surface area contributed by atoms with Gasteiger partial charge in [-0.05, 0) is 45.4 Å². The van der Waals surface area contributed by atoms with Crippen LogP contribution in [0.25, 0.3) is 0 Å². The standard InChI is InChI=1S/C16H26N2O6S2/c1-17-11-6-8-13(16(9-7-11)26(22,23)24)14-10-12(18-2)4-3-5-15(14)25(19,20)21/h3,5,8-9,11-12,14-15,17-18H,4,6-7,10H2,1-2H3,(H,19,20,21)(H,22,23,24). The maximum atomic E-state index is 12.0. The topological polar surface area (TPSA) is 133 Å². The van der Waals surface area contributed by atoms with Crippen molar-refractivity contribution in [3.05, 3.63) is 34.8 Å². The van der Waals surface area contributed by atoms with Gasteiger partial charge in [-0.3, -0.25) is 9.11 Å². The predicted octanol–water partition coefficient (Wildman–Crippen LogP) is 0.877. The number of nitrogens with one attached hydrogen (secondary N) is 2. The van der Waals surface area contributed by atoms with Gasteiger partial charge in [0.25, 0.3) is 20.2 Å². The first kappa shape index (κ1) is 21.3. The molecule has 0 aromatic carbocycles. The van der Waals surface area contributed by atoms with Gasteiger partial charge in [0.15, 0.2) is 0 Å². The highest BCUT2D eigenvalue weighted by Crippen LogP contribution is 2.37. The van der Waals surface area contributed by atoms with Crippen LogP contribution in [0.4, 0.5) is 0 Å². The van der Waals surface area contributed by atoms with Crippen molar-refractivity contribution in [3.8, 4) is 0 Å². The highest BCUT2D eigenvalue weighted by Gasteiger charge is 2.39. The first-order chi connectivity index (χ1) is 12.1. The molecule has 10 heteroatoms. The molecule has 148 valence electrons. The van der Waals surface area contributed by atoms with Crippen LogP contribution in [0.5, 0.6) is 0 Å². The molecule has 0 aromatic heterocycles. The van der Waals surface area contributed by atoms with E-state index >= 15 is 0 Å². The molecule has 26 heavy (non-hydrogen) atoms. The number of rotatable bonds is 5. The van der Waals surface area contributed by atoms with Gasteiger partial charge < -0.3 is 10.6 Å². The van der Waals surface area contributed by atoms with E-state index in [-0.39, 0.29) is 22.6 Å². The van der Waals surface area contributed by atoms with Gasteiger partial charge in [0.05, 0.1) is 4.91 Å². The molecular weight excluding hydrogens is 380 g/mol. The summed E-state index contributed by atoms with van der Waals surface area (Å²) < 4.78 is 67.3. The molecule has 0 bridgehead atoms. The first-order valence-corrected chi connectivity index (χ1v) is 11.4. The Balaban J connectivity index is 2.59. The summed E-state index contributed by atoms with van der Waals surface area (Å²) in [5, 5.41) is 4.85. The van der Waals surface area contributed by atoms with Crippen LogP contribution < -0.4 is 10.6 Å². The van der Waals surface area contributed by atoms with Crippen LogP contribution >= 0.6 is 0 Å². The van der Waals surface area contributed by atoms with E-state index in [1.54, 1.807) is 26.2 Å². The van der Waals surface area contributed by atoms with E-state index < -0.39 is 31.4 Å². The lowest BCUT2D eigenvalue weighted by Crippen LogP contribution is -2.35. The van der Waals surface area contributed by atoms with Crippen molar-refractivity contribution in [2.75, 3.05) is 14.1 Å². The lowest BCUT2D eigenvalue weighted by Gasteiger charge is -2.27. The van der Waals surface area contributed by atoms with Crippen molar-refractivity contribution < 1.29 is 25.9 Å². The van der Waals surface area contributed by atoms with E-state index in [0.717, 1.165) is 0 Å². The summed E-state index contributed by atoms with van der Waals surface area (Å²) in [6, 6.07) is -0.121. The summed E-state index contributed by atoms with van der Waals surface area (Å²) in [5.41, 5.74) is 0.236. The Morgan fingerprint density at radius 1 is 0.962 bits per heavy atom. The Bertz CT molecular complexity index is 814. The minimum atomic E-state index is -4.54. The van der Waals surface area contributed by atoms with Gasteiger partial charge in [0.1, 0.15) is 5.25 Å². The van der Waals surface area contributed by atoms with E-state index in [1.807, 2.05) is 0 Å². The van der Waals surface area contributed by atoms with Crippen LogP contribution in [-0.4, -0.2) is 57.4 Å². The van der Waals surface area contributed by atoms with Gasteiger partial charge in [0, 0.05) is 18.0 Å². The summed E-state index contributed by atoms with van der Waals surface area (Å²) in [6.45, 7) is 0. The molecule has 0 aromatic rings. The highest BCUT2D eigenvalue weighted by molar-refractivity contribution is 7.90. The SMILES string of the molecule is CNC1CC=C(C2CC(NC)CC=CC2S(=O)(=O)O)C(S(=O)(=O)O)=CC1. The summed E-state index contributed by atoms with van der Waals surface area (Å²) >= 11 is 0. The molecule has 4 unspecified atom stereocenters. The number of allylic oxidation sites excluding steroid dienone is 1. The number of hydrogen-bond acceptors (Lipinski definition) is 6. The lowest BCUT2D eigenvalue weighted by atomic mass is 9.88. The molecule has 2 aliphatic carbocycles. The first-order valence-electron chi connectivity index (χ1n) is 8.43. The quantitative estimate of drug-likeness (QED) is 0.391. The Hall–Kier alpha value is -1.04. The van der Waals surface area contributed by atoms with E-state index in [2.05, 4.69) is 10.6 Å². The lowest BCUT2D eigenvalue weighted by molar-refractivity contribution is 0.421. The Kier molecular flexibility index (Phi) is 6.81. The van der Waals surface area contributed by atoms with Crippen LogP contribution in [0, 0.1) is 5.92 Å². The van der Waals surface area contributed by atoms with Crippen molar-refractivity contribution in [2.24, 2.45) is 5.92 Å². The minimum Gasteiger partial charge on any atom is -0.317 e. The van der Waals surface area contributed by atoms with Crippen LogP contribution in [-0.2, 0) is 20.2 Å². The van der Waals surface area contributed by atoms with Gasteiger partial charge >= 0.3 is 0 Å². The molecule has 0 heterocycles. The molecule has 4 N–H and O–H groups in total. The Morgan fingerprint density at radius 3 is 2.12 bits per heavy atom. The molecule has 0 fully saturated rings. The van der Waals surface area contributed by atoms with Gasteiger partial charge in [-0.25, -0.2) is 0 Å². The molecule has 0 spiro atoms. The van der Waals surface area contributed by atoms with Crippen LogP contribution in [0.2, 0.25) is 0 Å². The highest BCUT2D eigenvalue weighted by atomic mass is 32.2. The third-order valence-electron chi connectivity index (χ3n) is 5.01. The third-order valence-corrected chi connectivity index (χ3v) is 7.15. The number of hydrogen-bond donors (Lipinski definition) is 4. The minimum absolute atomic E-state index is 0.0325. The smallest absolute Gasteiger partial charge is 0.294 e. The second kappa shape index (κ2) is 8.32. The second-order valence-electron chi connectivity index (χ2n) is 6.63. The molecule has 2 rings (SSSR count). The van der Waals surface area contributed by atoms with E-state index in [9.17, 15) is 25.9 Å². The van der Waals surface area contributed by atoms with Gasteiger partial charge in [-0.15, -0.1) is 0 Å². The van der Waals surface area contributed by atoms with E-state index in [0.29, 0.717) is 25.7 Å². The molecular formula is C16H26N2O6S2. The van der Waals surface area contributed by atoms with E-state index in [4.69, 9.17) is 0 Å². The van der Waals surface area contributed by atoms with Crippen molar-refractivity contribution in [1.82, 2.24) is 10.6 Å². The largest absolute Gasteiger partial charge is 0.317 e. The fraction of sp³-hybridized carbons (Fsp3) is 0.625. The maximum Gasteiger partial charge on any atom is 0.294 e. The second-order valence-corrected chi connectivity index (χ2v) is 9.60. The maximum absolute atomic E-state index is 12.0. The molecule has 0 radical (unpaired) electrons. The molecule has 8 nitrogen and oxygen atoms in total. The van der Waals surface area contributed by atoms with Crippen molar-refractivity contribution in [2.45, 2.75) is 43.0 Å². The van der Waals surface area contributed by atoms with Crippen molar-refractivity contribution in [3.63, 3.8) is 0 Å². The molecule has 0 saturated heterocycles. The zero-order valence-corrected chi connectivity index (χ0v) is 16.4. The molecule has 2 aliphatic rings. The van der Waals surface area contributed by atoms with Gasteiger partial charge in [-0.1, -0.05) is 24.3 Å². The molecule has 0 aliphatic heterocycles. The van der Waals surface area contributed by atoms with Crippen LogP contribution in [0.15, 0.2) is 34.8 Å².